The van der Waals surface area contributed by atoms with Gasteiger partial charge < -0.3 is 9.84 Å². The minimum atomic E-state index is -0.140. The molecule has 0 heterocycles. The van der Waals surface area contributed by atoms with Gasteiger partial charge in [-0.3, -0.25) is 4.79 Å². The lowest BCUT2D eigenvalue weighted by Crippen LogP contribution is -2.55. The van der Waals surface area contributed by atoms with E-state index in [2.05, 4.69) is 13.8 Å². The van der Waals surface area contributed by atoms with E-state index in [1.807, 2.05) is 0 Å². The summed E-state index contributed by atoms with van der Waals surface area (Å²) in [7, 11) is 1.79. The Bertz CT molecular complexity index is 503. The van der Waals surface area contributed by atoms with Crippen molar-refractivity contribution in [3.63, 3.8) is 0 Å². The molecule has 0 saturated heterocycles. The topological polar surface area (TPSA) is 46.5 Å². The van der Waals surface area contributed by atoms with Crippen molar-refractivity contribution in [3.8, 4) is 0 Å². The van der Waals surface area contributed by atoms with Gasteiger partial charge in [0.25, 0.3) is 0 Å². The van der Waals surface area contributed by atoms with Crippen molar-refractivity contribution in [2.45, 2.75) is 77.4 Å². The molecule has 4 aliphatic carbocycles. The van der Waals surface area contributed by atoms with E-state index in [1.54, 1.807) is 7.11 Å². The monoisotopic (exact) mass is 320 g/mol. The third kappa shape index (κ3) is 2.12. The molecule has 4 fully saturated rings. The fraction of sp³-hybridized carbons (Fsp3) is 0.950. The highest BCUT2D eigenvalue weighted by molar-refractivity contribution is 5.88. The number of methoxy groups -OCH3 is 1. The minimum absolute atomic E-state index is 0.0849. The average Bonchev–Trinajstić information content (AvgIpc) is 2.79. The molecule has 3 nitrogen and oxygen atoms in total. The molecule has 8 unspecified atom stereocenters. The third-order valence-corrected chi connectivity index (χ3v) is 8.62. The van der Waals surface area contributed by atoms with Crippen LogP contribution in [0.4, 0.5) is 0 Å². The molecule has 0 aromatic carbocycles. The van der Waals surface area contributed by atoms with E-state index < -0.39 is 0 Å². The lowest BCUT2D eigenvalue weighted by atomic mass is 9.45. The highest BCUT2D eigenvalue weighted by Crippen LogP contribution is 2.65. The van der Waals surface area contributed by atoms with Crippen molar-refractivity contribution < 1.29 is 14.6 Å². The Kier molecular flexibility index (Phi) is 3.70. The number of carbonyl (C=O) groups is 1. The maximum Gasteiger partial charge on any atom is 0.141 e. The third-order valence-electron chi connectivity index (χ3n) is 8.62. The zero-order chi connectivity index (χ0) is 16.4. The van der Waals surface area contributed by atoms with Crippen molar-refractivity contribution in [3.05, 3.63) is 0 Å². The molecule has 0 radical (unpaired) electrons. The standard InChI is InChI=1S/C20H32O3/c1-19-8-6-13(21)10-12(19)4-5-14-15(19)7-9-20(2)17(22)11-16(23-3)18(14)20/h12-16,18,21H,4-11H2,1-3H3. The van der Waals surface area contributed by atoms with Crippen LogP contribution in [0.5, 0.6) is 0 Å². The number of ketones is 1. The van der Waals surface area contributed by atoms with Crippen LogP contribution in [0.1, 0.15) is 65.2 Å². The van der Waals surface area contributed by atoms with Gasteiger partial charge in [0.05, 0.1) is 12.2 Å². The summed E-state index contributed by atoms with van der Waals surface area (Å²) in [6, 6.07) is 0. The lowest BCUT2D eigenvalue weighted by molar-refractivity contribution is -0.149. The van der Waals surface area contributed by atoms with Gasteiger partial charge in [-0.25, -0.2) is 0 Å². The molecule has 3 heteroatoms. The van der Waals surface area contributed by atoms with Crippen molar-refractivity contribution in [2.75, 3.05) is 7.11 Å². The largest absolute Gasteiger partial charge is 0.393 e. The molecule has 0 bridgehead atoms. The Morgan fingerprint density at radius 1 is 1.13 bits per heavy atom. The molecular weight excluding hydrogens is 288 g/mol. The van der Waals surface area contributed by atoms with Gasteiger partial charge in [0.2, 0.25) is 0 Å². The highest BCUT2D eigenvalue weighted by atomic mass is 16.5. The maximum atomic E-state index is 12.7. The van der Waals surface area contributed by atoms with Gasteiger partial charge in [-0.05, 0) is 68.1 Å². The predicted molar refractivity (Wildman–Crippen MR) is 88.9 cm³/mol. The summed E-state index contributed by atoms with van der Waals surface area (Å²) in [5, 5.41) is 10.1. The fourth-order valence-electron chi connectivity index (χ4n) is 7.27. The van der Waals surface area contributed by atoms with Crippen LogP contribution in [-0.2, 0) is 9.53 Å². The zero-order valence-electron chi connectivity index (χ0n) is 14.9. The van der Waals surface area contributed by atoms with Gasteiger partial charge in [-0.2, -0.15) is 0 Å². The molecule has 130 valence electrons. The van der Waals surface area contributed by atoms with E-state index in [0.29, 0.717) is 35.4 Å². The van der Waals surface area contributed by atoms with Gasteiger partial charge in [-0.15, -0.1) is 0 Å². The Morgan fingerprint density at radius 2 is 1.91 bits per heavy atom. The summed E-state index contributed by atoms with van der Waals surface area (Å²) in [6.07, 6.45) is 8.49. The smallest absolute Gasteiger partial charge is 0.141 e. The second-order valence-corrected chi connectivity index (χ2v) is 9.36. The van der Waals surface area contributed by atoms with Crippen molar-refractivity contribution in [1.29, 1.82) is 0 Å². The Morgan fingerprint density at radius 3 is 2.65 bits per heavy atom. The van der Waals surface area contributed by atoms with E-state index in [0.717, 1.165) is 31.6 Å². The van der Waals surface area contributed by atoms with Crippen LogP contribution in [0, 0.1) is 34.5 Å². The molecule has 0 amide bonds. The number of carbonyl (C=O) groups excluding carboxylic acids is 1. The molecule has 23 heavy (non-hydrogen) atoms. The van der Waals surface area contributed by atoms with E-state index >= 15 is 0 Å². The first-order valence-electron chi connectivity index (χ1n) is 9.64. The van der Waals surface area contributed by atoms with E-state index in [-0.39, 0.29) is 17.6 Å². The number of aliphatic hydroxyl groups excluding tert-OH is 1. The van der Waals surface area contributed by atoms with Gasteiger partial charge in [0, 0.05) is 24.9 Å². The number of hydrogen-bond acceptors (Lipinski definition) is 3. The number of fused-ring (bicyclic) bond motifs is 5. The first-order chi connectivity index (χ1) is 10.9. The van der Waals surface area contributed by atoms with E-state index in [1.165, 1.54) is 19.3 Å². The van der Waals surface area contributed by atoms with Crippen molar-refractivity contribution >= 4 is 5.78 Å². The van der Waals surface area contributed by atoms with Crippen LogP contribution >= 0.6 is 0 Å². The Balaban J connectivity index is 1.67. The first kappa shape index (κ1) is 16.1. The fourth-order valence-corrected chi connectivity index (χ4v) is 7.27. The summed E-state index contributed by atoms with van der Waals surface area (Å²) in [6.45, 7) is 4.70. The SMILES string of the molecule is COC1CC(=O)C2(C)CCC3C(CCC4CC(O)CCC43C)C12. The van der Waals surface area contributed by atoms with Crippen LogP contribution in [0.3, 0.4) is 0 Å². The molecule has 0 spiro atoms. The molecule has 4 saturated carbocycles. The minimum Gasteiger partial charge on any atom is -0.393 e. The summed E-state index contributed by atoms with van der Waals surface area (Å²) in [5.74, 6) is 2.90. The summed E-state index contributed by atoms with van der Waals surface area (Å²) >= 11 is 0. The second kappa shape index (κ2) is 5.29. The molecule has 0 aliphatic heterocycles. The van der Waals surface area contributed by atoms with Crippen LogP contribution in [0.15, 0.2) is 0 Å². The molecular formula is C20H32O3. The van der Waals surface area contributed by atoms with Crippen molar-refractivity contribution in [2.24, 2.45) is 34.5 Å². The number of hydrogen-bond donors (Lipinski definition) is 1. The van der Waals surface area contributed by atoms with Gasteiger partial charge >= 0.3 is 0 Å². The van der Waals surface area contributed by atoms with Gasteiger partial charge in [-0.1, -0.05) is 13.8 Å². The number of rotatable bonds is 1. The predicted octanol–water partition coefficient (Wildman–Crippen LogP) is 3.58. The number of ether oxygens (including phenoxy) is 1. The van der Waals surface area contributed by atoms with Gasteiger partial charge in [0.1, 0.15) is 5.78 Å². The molecule has 0 aromatic heterocycles. The second-order valence-electron chi connectivity index (χ2n) is 9.36. The number of Topliss-reactive ketones (excluding diaryl/α,β-unsaturated/α-hetero) is 1. The normalized spacial score (nSPS) is 55.9. The molecule has 4 rings (SSSR count). The summed E-state index contributed by atoms with van der Waals surface area (Å²) < 4.78 is 5.79. The summed E-state index contributed by atoms with van der Waals surface area (Å²) in [5.41, 5.74) is 0.229. The van der Waals surface area contributed by atoms with Gasteiger partial charge in [0.15, 0.2) is 0 Å². The van der Waals surface area contributed by atoms with Crippen LogP contribution in [0.25, 0.3) is 0 Å². The Labute approximate surface area is 140 Å². The zero-order valence-corrected chi connectivity index (χ0v) is 14.9. The molecule has 0 aromatic rings. The van der Waals surface area contributed by atoms with Crippen LogP contribution in [0.2, 0.25) is 0 Å². The lowest BCUT2D eigenvalue weighted by Gasteiger charge is -2.60. The van der Waals surface area contributed by atoms with Crippen LogP contribution in [-0.4, -0.2) is 30.2 Å². The maximum absolute atomic E-state index is 12.7. The van der Waals surface area contributed by atoms with Crippen LogP contribution < -0.4 is 0 Å². The molecule has 1 N–H and O–H groups in total. The highest BCUT2D eigenvalue weighted by Gasteiger charge is 2.63. The number of aliphatic hydroxyl groups is 1. The molecule has 8 atom stereocenters. The summed E-state index contributed by atoms with van der Waals surface area (Å²) in [4.78, 5) is 12.7. The quantitative estimate of drug-likeness (QED) is 0.803. The Hall–Kier alpha value is -0.410. The van der Waals surface area contributed by atoms with E-state index in [9.17, 15) is 9.90 Å². The van der Waals surface area contributed by atoms with Crippen molar-refractivity contribution in [1.82, 2.24) is 0 Å². The first-order valence-corrected chi connectivity index (χ1v) is 9.64. The molecule has 4 aliphatic rings. The average molecular weight is 320 g/mol. The van der Waals surface area contributed by atoms with E-state index in [4.69, 9.17) is 4.74 Å².